The van der Waals surface area contributed by atoms with Crippen molar-refractivity contribution in [2.24, 2.45) is 0 Å². The van der Waals surface area contributed by atoms with Gasteiger partial charge in [-0.05, 0) is 38.6 Å². The van der Waals surface area contributed by atoms with Gasteiger partial charge < -0.3 is 14.9 Å². The Morgan fingerprint density at radius 1 is 1.58 bits per heavy atom. The van der Waals surface area contributed by atoms with E-state index in [0.29, 0.717) is 11.7 Å². The van der Waals surface area contributed by atoms with Gasteiger partial charge in [-0.15, -0.1) is 0 Å². The number of nitrogens with zero attached hydrogens (tertiary/aromatic N) is 2. The number of carboxylic acid groups (broad SMARTS) is 1. The number of likely N-dealkylation sites (tertiary alicyclic amines) is 1. The van der Waals surface area contributed by atoms with Crippen molar-refractivity contribution >= 4 is 23.3 Å². The molecular weight excluding hydrogens is 264 g/mol. The molecule has 0 saturated carbocycles. The minimum Gasteiger partial charge on any atom is -0.478 e. The molecule has 1 N–H and O–H groups in total. The molecule has 0 aliphatic carbocycles. The highest BCUT2D eigenvalue weighted by molar-refractivity contribution is 6.34. The summed E-state index contributed by atoms with van der Waals surface area (Å²) in [6, 6.07) is 5.69. The third-order valence-electron chi connectivity index (χ3n) is 3.77. The fourth-order valence-corrected chi connectivity index (χ4v) is 2.92. The van der Waals surface area contributed by atoms with Gasteiger partial charge in [-0.3, -0.25) is 0 Å². The number of benzene rings is 1. The minimum atomic E-state index is -0.979. The second-order valence-electron chi connectivity index (χ2n) is 5.10. The molecule has 0 bridgehead atoms. The van der Waals surface area contributed by atoms with Crippen LogP contribution in [0.5, 0.6) is 0 Å². The highest BCUT2D eigenvalue weighted by atomic mass is 35.5. The average Bonchev–Trinajstić information content (AvgIpc) is 2.74. The molecule has 2 rings (SSSR count). The average molecular weight is 283 g/mol. The molecule has 0 spiro atoms. The van der Waals surface area contributed by atoms with Gasteiger partial charge in [-0.25, -0.2) is 4.79 Å². The van der Waals surface area contributed by atoms with Gasteiger partial charge in [-0.2, -0.15) is 0 Å². The molecule has 1 heterocycles. The Kier molecular flexibility index (Phi) is 4.32. The Hall–Kier alpha value is -1.26. The van der Waals surface area contributed by atoms with Crippen molar-refractivity contribution in [2.75, 3.05) is 32.1 Å². The summed E-state index contributed by atoms with van der Waals surface area (Å²) in [4.78, 5) is 15.6. The summed E-state index contributed by atoms with van der Waals surface area (Å²) in [5, 5.41) is 9.58. The van der Waals surface area contributed by atoms with Crippen molar-refractivity contribution in [1.82, 2.24) is 4.90 Å². The molecule has 0 aromatic heterocycles. The van der Waals surface area contributed by atoms with Gasteiger partial charge >= 0.3 is 5.97 Å². The number of anilines is 1. The highest BCUT2D eigenvalue weighted by Crippen LogP contribution is 2.28. The van der Waals surface area contributed by atoms with E-state index in [1.165, 1.54) is 6.42 Å². The van der Waals surface area contributed by atoms with Crippen molar-refractivity contribution in [1.29, 1.82) is 0 Å². The smallest absolute Gasteiger partial charge is 0.339 e. The van der Waals surface area contributed by atoms with Crippen LogP contribution in [0.3, 0.4) is 0 Å². The van der Waals surface area contributed by atoms with Crippen molar-refractivity contribution < 1.29 is 9.90 Å². The number of carbonyl (C=O) groups is 1. The van der Waals surface area contributed by atoms with E-state index in [1.807, 2.05) is 18.0 Å². The quantitative estimate of drug-likeness (QED) is 0.922. The van der Waals surface area contributed by atoms with Crippen LogP contribution in [0, 0.1) is 0 Å². The first-order chi connectivity index (χ1) is 9.00. The van der Waals surface area contributed by atoms with E-state index < -0.39 is 5.97 Å². The third-order valence-corrected chi connectivity index (χ3v) is 4.09. The largest absolute Gasteiger partial charge is 0.478 e. The maximum absolute atomic E-state index is 11.3. The summed E-state index contributed by atoms with van der Waals surface area (Å²) in [5.74, 6) is -0.979. The molecule has 0 amide bonds. The van der Waals surface area contributed by atoms with Gasteiger partial charge in [-0.1, -0.05) is 17.7 Å². The molecule has 1 fully saturated rings. The van der Waals surface area contributed by atoms with Crippen molar-refractivity contribution in [3.8, 4) is 0 Å². The summed E-state index contributed by atoms with van der Waals surface area (Å²) in [5.41, 5.74) is 0.868. The Labute approximate surface area is 118 Å². The number of rotatable bonds is 4. The third kappa shape index (κ3) is 3.01. The van der Waals surface area contributed by atoms with Crippen LogP contribution in [0.15, 0.2) is 18.2 Å². The highest BCUT2D eigenvalue weighted by Gasteiger charge is 2.24. The summed E-state index contributed by atoms with van der Waals surface area (Å²) in [6.07, 6.45) is 2.36. The fourth-order valence-electron chi connectivity index (χ4n) is 2.67. The van der Waals surface area contributed by atoms with Crippen LogP contribution < -0.4 is 4.90 Å². The van der Waals surface area contributed by atoms with E-state index in [0.717, 1.165) is 19.5 Å². The number of hydrogen-bond donors (Lipinski definition) is 1. The van der Waals surface area contributed by atoms with E-state index in [2.05, 4.69) is 11.9 Å². The SMILES string of the molecule is CN(CC1CCCN1C)c1cccc(Cl)c1C(=O)O. The molecule has 5 heteroatoms. The van der Waals surface area contributed by atoms with Crippen molar-refractivity contribution in [2.45, 2.75) is 18.9 Å². The first-order valence-corrected chi connectivity index (χ1v) is 6.81. The second kappa shape index (κ2) is 5.80. The number of hydrogen-bond acceptors (Lipinski definition) is 3. The molecule has 4 nitrogen and oxygen atoms in total. The number of aromatic carboxylic acids is 1. The lowest BCUT2D eigenvalue weighted by molar-refractivity contribution is 0.0697. The topological polar surface area (TPSA) is 43.8 Å². The lowest BCUT2D eigenvalue weighted by Gasteiger charge is -2.28. The van der Waals surface area contributed by atoms with Crippen LogP contribution in [0.4, 0.5) is 5.69 Å². The molecule has 1 atom stereocenters. The van der Waals surface area contributed by atoms with Crippen LogP contribution in [0.25, 0.3) is 0 Å². The van der Waals surface area contributed by atoms with Crippen LogP contribution in [-0.2, 0) is 0 Å². The maximum atomic E-state index is 11.3. The zero-order valence-electron chi connectivity index (χ0n) is 11.3. The second-order valence-corrected chi connectivity index (χ2v) is 5.50. The van der Waals surface area contributed by atoms with Crippen LogP contribution in [-0.4, -0.2) is 49.2 Å². The summed E-state index contributed by atoms with van der Waals surface area (Å²) < 4.78 is 0. The van der Waals surface area contributed by atoms with Crippen LogP contribution >= 0.6 is 11.6 Å². The molecule has 1 aliphatic heterocycles. The van der Waals surface area contributed by atoms with E-state index >= 15 is 0 Å². The molecule has 1 aliphatic rings. The van der Waals surface area contributed by atoms with Crippen molar-refractivity contribution in [3.05, 3.63) is 28.8 Å². The lowest BCUT2D eigenvalue weighted by atomic mass is 10.1. The summed E-state index contributed by atoms with van der Waals surface area (Å²) >= 11 is 6.00. The normalized spacial score (nSPS) is 19.6. The Morgan fingerprint density at radius 3 is 2.89 bits per heavy atom. The zero-order valence-corrected chi connectivity index (χ0v) is 12.0. The standard InChI is InChI=1S/C14H19ClN2O2/c1-16-8-4-5-10(16)9-17(2)12-7-3-6-11(15)13(12)14(18)19/h3,6-7,10H,4-5,8-9H2,1-2H3,(H,18,19). The number of carboxylic acids is 1. The van der Waals surface area contributed by atoms with Gasteiger partial charge in [0.05, 0.1) is 10.7 Å². The first-order valence-electron chi connectivity index (χ1n) is 6.44. The predicted octanol–water partition coefficient (Wildman–Crippen LogP) is 2.57. The van der Waals surface area contributed by atoms with Gasteiger partial charge in [0.1, 0.15) is 5.56 Å². The molecule has 1 aromatic carbocycles. The molecule has 1 unspecified atom stereocenters. The number of halogens is 1. The van der Waals surface area contributed by atoms with Gasteiger partial charge in [0.25, 0.3) is 0 Å². The van der Waals surface area contributed by atoms with Gasteiger partial charge in [0.15, 0.2) is 0 Å². The molecule has 104 valence electrons. The van der Waals surface area contributed by atoms with E-state index in [1.54, 1.807) is 12.1 Å². The maximum Gasteiger partial charge on any atom is 0.339 e. The molecular formula is C14H19ClN2O2. The molecule has 1 saturated heterocycles. The van der Waals surface area contributed by atoms with Crippen LogP contribution in [0.1, 0.15) is 23.2 Å². The Morgan fingerprint density at radius 2 is 2.32 bits per heavy atom. The summed E-state index contributed by atoms with van der Waals surface area (Å²) in [6.45, 7) is 1.93. The first kappa shape index (κ1) is 14.2. The van der Waals surface area contributed by atoms with Gasteiger partial charge in [0.2, 0.25) is 0 Å². The number of likely N-dealkylation sites (N-methyl/N-ethyl adjacent to an activating group) is 2. The zero-order chi connectivity index (χ0) is 14.0. The van der Waals surface area contributed by atoms with Gasteiger partial charge in [0, 0.05) is 19.6 Å². The Balaban J connectivity index is 2.21. The minimum absolute atomic E-state index is 0.187. The monoisotopic (exact) mass is 282 g/mol. The summed E-state index contributed by atoms with van der Waals surface area (Å²) in [7, 11) is 4.03. The predicted molar refractivity (Wildman–Crippen MR) is 77.3 cm³/mol. The fraction of sp³-hybridized carbons (Fsp3) is 0.500. The Bertz CT molecular complexity index is 479. The molecule has 1 aromatic rings. The molecule has 0 radical (unpaired) electrons. The van der Waals surface area contributed by atoms with E-state index in [4.69, 9.17) is 11.6 Å². The van der Waals surface area contributed by atoms with E-state index in [9.17, 15) is 9.90 Å². The van der Waals surface area contributed by atoms with Crippen molar-refractivity contribution in [3.63, 3.8) is 0 Å². The van der Waals surface area contributed by atoms with E-state index in [-0.39, 0.29) is 10.6 Å². The van der Waals surface area contributed by atoms with Crippen LogP contribution in [0.2, 0.25) is 5.02 Å². The molecule has 19 heavy (non-hydrogen) atoms. The lowest BCUT2D eigenvalue weighted by Crippen LogP contribution is -2.37.